The molecule has 0 bridgehead atoms. The van der Waals surface area contributed by atoms with Gasteiger partial charge in [-0.05, 0) is 66.6 Å². The van der Waals surface area contributed by atoms with Crippen LogP contribution in [0.5, 0.6) is 5.75 Å². The summed E-state index contributed by atoms with van der Waals surface area (Å²) in [5, 5.41) is 12.1. The molecule has 2 heterocycles. The third-order valence-electron chi connectivity index (χ3n) is 5.73. The van der Waals surface area contributed by atoms with E-state index in [1.165, 1.54) is 6.33 Å². The van der Waals surface area contributed by atoms with Crippen LogP contribution in [-0.2, 0) is 11.4 Å². The number of carbonyl (C=O) groups is 1. The Hall–Kier alpha value is -3.52. The third kappa shape index (κ3) is 5.04. The van der Waals surface area contributed by atoms with E-state index >= 15 is 0 Å². The number of allylic oxidation sites excluding steroid dienone is 1. The Bertz CT molecular complexity index is 1450. The van der Waals surface area contributed by atoms with Gasteiger partial charge in [-0.1, -0.05) is 53.0 Å². The predicted molar refractivity (Wildman–Crippen MR) is 142 cm³/mol. The summed E-state index contributed by atoms with van der Waals surface area (Å²) in [6.45, 7) is 2.18. The topological polar surface area (TPSA) is 81.1 Å². The molecule has 1 atom stereocenters. The van der Waals surface area contributed by atoms with Crippen LogP contribution in [0.2, 0.25) is 15.1 Å². The minimum absolute atomic E-state index is 0.256. The third-order valence-corrected chi connectivity index (χ3v) is 6.72. The lowest BCUT2D eigenvalue weighted by molar-refractivity contribution is -0.113. The van der Waals surface area contributed by atoms with E-state index < -0.39 is 6.04 Å². The van der Waals surface area contributed by atoms with Gasteiger partial charge in [0.2, 0.25) is 5.95 Å². The summed E-state index contributed by atoms with van der Waals surface area (Å²) >= 11 is 18.1. The van der Waals surface area contributed by atoms with Crippen LogP contribution in [0, 0.1) is 0 Å². The molecular weight excluding hydrogens is 521 g/mol. The number of benzene rings is 3. The highest BCUT2D eigenvalue weighted by Crippen LogP contribution is 2.36. The number of amides is 1. The molecule has 182 valence electrons. The van der Waals surface area contributed by atoms with Gasteiger partial charge in [-0.2, -0.15) is 10.1 Å². The maximum atomic E-state index is 13.4. The maximum absolute atomic E-state index is 13.4. The molecule has 0 fully saturated rings. The number of rotatable bonds is 6. The van der Waals surface area contributed by atoms with Crippen LogP contribution >= 0.6 is 34.8 Å². The van der Waals surface area contributed by atoms with Gasteiger partial charge in [0.25, 0.3) is 5.91 Å². The number of fused-ring (bicyclic) bond motifs is 1. The number of hydrogen-bond acceptors (Lipinski definition) is 5. The minimum atomic E-state index is -0.486. The summed E-state index contributed by atoms with van der Waals surface area (Å²) in [6, 6.07) is 19.4. The van der Waals surface area contributed by atoms with Gasteiger partial charge >= 0.3 is 0 Å². The largest absolute Gasteiger partial charge is 0.489 e. The van der Waals surface area contributed by atoms with E-state index in [4.69, 9.17) is 39.5 Å². The maximum Gasteiger partial charge on any atom is 0.255 e. The average molecular weight is 541 g/mol. The molecule has 1 aromatic heterocycles. The van der Waals surface area contributed by atoms with Gasteiger partial charge < -0.3 is 15.4 Å². The molecule has 0 radical (unpaired) electrons. The fourth-order valence-corrected chi connectivity index (χ4v) is 4.41. The SMILES string of the molecule is CC1=C(C(=O)Nc2ccc(Cl)cc2)[C@@H](c2ccc(OCc3ccc(Cl)c(Cl)c3)cc2)n2ncnc2N1. The normalized spacial score (nSPS) is 14.7. The summed E-state index contributed by atoms with van der Waals surface area (Å²) in [5.41, 5.74) is 3.60. The smallest absolute Gasteiger partial charge is 0.255 e. The molecule has 0 spiro atoms. The number of nitrogens with one attached hydrogen (secondary N) is 2. The van der Waals surface area contributed by atoms with E-state index in [0.29, 0.717) is 50.3 Å². The fourth-order valence-electron chi connectivity index (χ4n) is 3.97. The zero-order valence-corrected chi connectivity index (χ0v) is 21.3. The molecule has 2 N–H and O–H groups in total. The lowest BCUT2D eigenvalue weighted by atomic mass is 9.95. The van der Waals surface area contributed by atoms with Gasteiger partial charge in [-0.3, -0.25) is 4.79 Å². The van der Waals surface area contributed by atoms with Crippen LogP contribution in [0.25, 0.3) is 0 Å². The Morgan fingerprint density at radius 2 is 1.78 bits per heavy atom. The molecule has 0 saturated heterocycles. The van der Waals surface area contributed by atoms with Crippen molar-refractivity contribution in [1.29, 1.82) is 0 Å². The second-order valence-corrected chi connectivity index (χ2v) is 9.41. The van der Waals surface area contributed by atoms with Gasteiger partial charge in [0.15, 0.2) is 0 Å². The Kier molecular flexibility index (Phi) is 6.87. The Morgan fingerprint density at radius 3 is 2.50 bits per heavy atom. The van der Waals surface area contributed by atoms with Gasteiger partial charge in [-0.15, -0.1) is 0 Å². The second-order valence-electron chi connectivity index (χ2n) is 8.16. The average Bonchev–Trinajstić information content (AvgIpc) is 3.33. The first-order valence-electron chi connectivity index (χ1n) is 11.0. The van der Waals surface area contributed by atoms with E-state index in [9.17, 15) is 4.79 Å². The molecule has 1 aliphatic heterocycles. The van der Waals surface area contributed by atoms with Crippen molar-refractivity contribution < 1.29 is 9.53 Å². The molecular formula is C26H20Cl3N5O2. The van der Waals surface area contributed by atoms with E-state index in [2.05, 4.69) is 20.7 Å². The highest BCUT2D eigenvalue weighted by Gasteiger charge is 2.33. The lowest BCUT2D eigenvalue weighted by Crippen LogP contribution is -2.31. The fraction of sp³-hybridized carbons (Fsp3) is 0.115. The molecule has 4 aromatic rings. The molecule has 36 heavy (non-hydrogen) atoms. The minimum Gasteiger partial charge on any atom is -0.489 e. The van der Waals surface area contributed by atoms with Crippen molar-refractivity contribution in [3.63, 3.8) is 0 Å². The number of hydrogen-bond donors (Lipinski definition) is 2. The van der Waals surface area contributed by atoms with E-state index in [1.54, 1.807) is 41.1 Å². The van der Waals surface area contributed by atoms with Crippen molar-refractivity contribution in [1.82, 2.24) is 14.8 Å². The van der Waals surface area contributed by atoms with Crippen molar-refractivity contribution in [2.45, 2.75) is 19.6 Å². The van der Waals surface area contributed by atoms with Crippen molar-refractivity contribution in [2.24, 2.45) is 0 Å². The Balaban J connectivity index is 1.39. The van der Waals surface area contributed by atoms with Crippen LogP contribution in [0.4, 0.5) is 11.6 Å². The summed E-state index contributed by atoms with van der Waals surface area (Å²) in [4.78, 5) is 17.7. The molecule has 0 aliphatic carbocycles. The van der Waals surface area contributed by atoms with Crippen molar-refractivity contribution in [3.05, 3.63) is 111 Å². The lowest BCUT2D eigenvalue weighted by Gasteiger charge is -2.28. The highest BCUT2D eigenvalue weighted by molar-refractivity contribution is 6.42. The van der Waals surface area contributed by atoms with Gasteiger partial charge in [0, 0.05) is 16.4 Å². The zero-order valence-electron chi connectivity index (χ0n) is 19.0. The number of anilines is 2. The molecule has 1 aliphatic rings. The molecule has 1 amide bonds. The Labute approximate surface area is 222 Å². The first-order valence-corrected chi connectivity index (χ1v) is 12.1. The number of carbonyl (C=O) groups excluding carboxylic acids is 1. The molecule has 10 heteroatoms. The first-order chi connectivity index (χ1) is 17.4. The first kappa shape index (κ1) is 24.2. The molecule has 0 unspecified atom stereocenters. The monoisotopic (exact) mass is 539 g/mol. The van der Waals surface area contributed by atoms with Crippen molar-refractivity contribution >= 4 is 52.3 Å². The highest BCUT2D eigenvalue weighted by atomic mass is 35.5. The molecule has 3 aromatic carbocycles. The van der Waals surface area contributed by atoms with Crippen LogP contribution in [0.3, 0.4) is 0 Å². The van der Waals surface area contributed by atoms with Gasteiger partial charge in [0.1, 0.15) is 24.7 Å². The van der Waals surface area contributed by atoms with E-state index in [-0.39, 0.29) is 5.91 Å². The van der Waals surface area contributed by atoms with Gasteiger partial charge in [0.05, 0.1) is 15.6 Å². The zero-order chi connectivity index (χ0) is 25.2. The van der Waals surface area contributed by atoms with Crippen molar-refractivity contribution in [2.75, 3.05) is 10.6 Å². The van der Waals surface area contributed by atoms with Gasteiger partial charge in [-0.25, -0.2) is 4.68 Å². The molecule has 7 nitrogen and oxygen atoms in total. The molecule has 5 rings (SSSR count). The standard InChI is InChI=1S/C26H20Cl3N5O2/c1-15-23(25(35)33-19-7-5-18(27)6-8-19)24(34-26(32-15)30-14-31-34)17-3-9-20(10-4-17)36-13-16-2-11-21(28)22(29)12-16/h2-12,14,24H,13H2,1H3,(H,33,35)(H,30,31,32)/t24-/m1/s1. The van der Waals surface area contributed by atoms with E-state index in [0.717, 1.165) is 11.1 Å². The second kappa shape index (κ2) is 10.2. The summed E-state index contributed by atoms with van der Waals surface area (Å²) in [6.07, 6.45) is 1.46. The number of nitrogens with zero attached hydrogens (tertiary/aromatic N) is 3. The van der Waals surface area contributed by atoms with Crippen LogP contribution < -0.4 is 15.4 Å². The summed E-state index contributed by atoms with van der Waals surface area (Å²) in [7, 11) is 0. The van der Waals surface area contributed by atoms with Crippen LogP contribution in [0.15, 0.2) is 84.3 Å². The van der Waals surface area contributed by atoms with Crippen molar-refractivity contribution in [3.8, 4) is 5.75 Å². The number of halogens is 3. The number of ether oxygens (including phenoxy) is 1. The predicted octanol–water partition coefficient (Wildman–Crippen LogP) is 6.74. The molecule has 0 saturated carbocycles. The quantitative estimate of drug-likeness (QED) is 0.283. The van der Waals surface area contributed by atoms with Crippen LogP contribution in [0.1, 0.15) is 24.1 Å². The summed E-state index contributed by atoms with van der Waals surface area (Å²) < 4.78 is 7.61. The Morgan fingerprint density at radius 1 is 1.03 bits per heavy atom. The van der Waals surface area contributed by atoms with E-state index in [1.807, 2.05) is 37.3 Å². The number of aromatic nitrogens is 3. The summed E-state index contributed by atoms with van der Waals surface area (Å²) in [5.74, 6) is 0.972. The van der Waals surface area contributed by atoms with Crippen LogP contribution in [-0.4, -0.2) is 20.7 Å².